The maximum absolute atomic E-state index is 12.4. The molecule has 0 fully saturated rings. The van der Waals surface area contributed by atoms with Crippen molar-refractivity contribution in [2.75, 3.05) is 0 Å². The highest BCUT2D eigenvalue weighted by atomic mass is 35.5. The average molecular weight is 224 g/mol. The van der Waals surface area contributed by atoms with Gasteiger partial charge in [-0.15, -0.1) is 0 Å². The van der Waals surface area contributed by atoms with Gasteiger partial charge in [0.2, 0.25) is 0 Å². The first-order valence-corrected chi connectivity index (χ1v) is 4.32. The molecule has 1 atom stereocenters. The smallest absolute Gasteiger partial charge is 0.324 e. The van der Waals surface area contributed by atoms with Gasteiger partial charge in [0.15, 0.2) is 0 Å². The van der Waals surface area contributed by atoms with Gasteiger partial charge in [-0.3, -0.25) is 0 Å². The molecule has 5 heteroatoms. The minimum atomic E-state index is -4.38. The zero-order valence-electron chi connectivity index (χ0n) is 7.40. The van der Waals surface area contributed by atoms with Crippen molar-refractivity contribution in [3.8, 4) is 0 Å². The molecular weight excluding hydrogens is 215 g/mol. The van der Waals surface area contributed by atoms with E-state index in [1.807, 2.05) is 0 Å². The fourth-order valence-electron chi connectivity index (χ4n) is 1.17. The normalized spacial score (nSPS) is 14.1. The Morgan fingerprint density at radius 3 is 2.36 bits per heavy atom. The summed E-state index contributed by atoms with van der Waals surface area (Å²) in [7, 11) is 0. The summed E-state index contributed by atoms with van der Waals surface area (Å²) in [5, 5.41) is 0.255. The van der Waals surface area contributed by atoms with Crippen molar-refractivity contribution in [1.29, 1.82) is 0 Å². The maximum Gasteiger partial charge on any atom is 0.416 e. The van der Waals surface area contributed by atoms with Crippen molar-refractivity contribution in [3.05, 3.63) is 34.3 Å². The Balaban J connectivity index is 3.29. The highest BCUT2D eigenvalue weighted by Gasteiger charge is 2.33. The summed E-state index contributed by atoms with van der Waals surface area (Å²) in [6, 6.07) is 2.71. The van der Waals surface area contributed by atoms with Crippen molar-refractivity contribution in [3.63, 3.8) is 0 Å². The highest BCUT2D eigenvalue weighted by molar-refractivity contribution is 6.30. The fraction of sp³-hybridized carbons (Fsp3) is 0.333. The first kappa shape index (κ1) is 11.3. The highest BCUT2D eigenvalue weighted by Crippen LogP contribution is 2.35. The van der Waals surface area contributed by atoms with Crippen LogP contribution in [0.2, 0.25) is 5.02 Å². The van der Waals surface area contributed by atoms with Gasteiger partial charge in [0.25, 0.3) is 0 Å². The van der Waals surface area contributed by atoms with E-state index < -0.39 is 17.8 Å². The number of hydrogen-bond acceptors (Lipinski definition) is 1. The monoisotopic (exact) mass is 223 g/mol. The Kier molecular flexibility index (Phi) is 3.07. The minimum absolute atomic E-state index is 0.0185. The second-order valence-electron chi connectivity index (χ2n) is 3.02. The van der Waals surface area contributed by atoms with Gasteiger partial charge in [-0.25, -0.2) is 0 Å². The predicted molar refractivity (Wildman–Crippen MR) is 49.1 cm³/mol. The van der Waals surface area contributed by atoms with E-state index in [2.05, 4.69) is 0 Å². The molecule has 0 heterocycles. The summed E-state index contributed by atoms with van der Waals surface area (Å²) in [5.41, 5.74) is 4.71. The Labute approximate surface area is 84.7 Å². The second-order valence-corrected chi connectivity index (χ2v) is 3.45. The Hall–Kier alpha value is -0.740. The van der Waals surface area contributed by atoms with Crippen LogP contribution in [0, 0.1) is 0 Å². The molecule has 14 heavy (non-hydrogen) atoms. The van der Waals surface area contributed by atoms with Gasteiger partial charge < -0.3 is 5.73 Å². The van der Waals surface area contributed by atoms with Gasteiger partial charge >= 0.3 is 6.18 Å². The van der Waals surface area contributed by atoms with Crippen molar-refractivity contribution >= 4 is 11.6 Å². The standard InChI is InChI=1S/C9H9ClF3N/c1-5(14)7-4-6(10)2-3-8(7)9(11,12)13/h2-5H,14H2,1H3/t5-/m0/s1. The molecule has 0 aliphatic rings. The molecule has 0 aliphatic carbocycles. The summed E-state index contributed by atoms with van der Waals surface area (Å²) >= 11 is 5.59. The van der Waals surface area contributed by atoms with Crippen molar-refractivity contribution in [2.45, 2.75) is 19.1 Å². The first-order valence-electron chi connectivity index (χ1n) is 3.94. The molecule has 0 spiro atoms. The van der Waals surface area contributed by atoms with E-state index >= 15 is 0 Å². The van der Waals surface area contributed by atoms with Crippen LogP contribution < -0.4 is 5.73 Å². The second kappa shape index (κ2) is 3.79. The van der Waals surface area contributed by atoms with Crippen LogP contribution in [0.3, 0.4) is 0 Å². The molecule has 0 saturated heterocycles. The number of halogens is 4. The van der Waals surface area contributed by atoms with Gasteiger partial charge in [-0.2, -0.15) is 13.2 Å². The molecule has 2 N–H and O–H groups in total. The topological polar surface area (TPSA) is 26.0 Å². The van der Waals surface area contributed by atoms with Gasteiger partial charge in [0.1, 0.15) is 0 Å². The van der Waals surface area contributed by atoms with E-state index in [9.17, 15) is 13.2 Å². The predicted octanol–water partition coefficient (Wildman–Crippen LogP) is 3.38. The SMILES string of the molecule is C[C@H](N)c1cc(Cl)ccc1C(F)(F)F. The lowest BCUT2D eigenvalue weighted by Gasteiger charge is -2.15. The molecule has 0 radical (unpaired) electrons. The van der Waals surface area contributed by atoms with Crippen LogP contribution in [0.5, 0.6) is 0 Å². The summed E-state index contributed by atoms with van der Waals surface area (Å²) < 4.78 is 37.3. The number of nitrogens with two attached hydrogens (primary N) is 1. The molecule has 0 saturated carbocycles. The third-order valence-electron chi connectivity index (χ3n) is 1.81. The number of benzene rings is 1. The minimum Gasteiger partial charge on any atom is -0.324 e. The largest absolute Gasteiger partial charge is 0.416 e. The van der Waals surface area contributed by atoms with E-state index in [0.29, 0.717) is 0 Å². The Morgan fingerprint density at radius 1 is 1.36 bits per heavy atom. The van der Waals surface area contributed by atoms with Crippen LogP contribution in [0.25, 0.3) is 0 Å². The van der Waals surface area contributed by atoms with Crippen molar-refractivity contribution < 1.29 is 13.2 Å². The van der Waals surface area contributed by atoms with Gasteiger partial charge in [-0.1, -0.05) is 11.6 Å². The number of alkyl halides is 3. The van der Waals surface area contributed by atoms with E-state index in [1.54, 1.807) is 0 Å². The van der Waals surface area contributed by atoms with E-state index in [1.165, 1.54) is 19.1 Å². The molecule has 0 aromatic heterocycles. The van der Waals surface area contributed by atoms with Crippen molar-refractivity contribution in [1.82, 2.24) is 0 Å². The summed E-state index contributed by atoms with van der Waals surface area (Å²) in [4.78, 5) is 0. The van der Waals surface area contributed by atoms with Gasteiger partial charge in [0, 0.05) is 11.1 Å². The van der Waals surface area contributed by atoms with E-state index in [4.69, 9.17) is 17.3 Å². The summed E-state index contributed by atoms with van der Waals surface area (Å²) in [6.45, 7) is 1.49. The van der Waals surface area contributed by atoms with Crippen LogP contribution in [0.1, 0.15) is 24.1 Å². The average Bonchev–Trinajstić information content (AvgIpc) is 2.01. The Morgan fingerprint density at radius 2 is 1.93 bits per heavy atom. The molecule has 78 valence electrons. The fourth-order valence-corrected chi connectivity index (χ4v) is 1.35. The molecule has 1 aromatic rings. The lowest BCUT2D eigenvalue weighted by molar-refractivity contribution is -0.138. The van der Waals surface area contributed by atoms with E-state index in [0.717, 1.165) is 6.07 Å². The number of rotatable bonds is 1. The third-order valence-corrected chi connectivity index (χ3v) is 2.04. The maximum atomic E-state index is 12.4. The number of hydrogen-bond donors (Lipinski definition) is 1. The lowest BCUT2D eigenvalue weighted by atomic mass is 10.0. The van der Waals surface area contributed by atoms with Crippen LogP contribution in [-0.4, -0.2) is 0 Å². The third kappa shape index (κ3) is 2.39. The molecule has 1 nitrogen and oxygen atoms in total. The zero-order valence-corrected chi connectivity index (χ0v) is 8.15. The van der Waals surface area contributed by atoms with Crippen molar-refractivity contribution in [2.24, 2.45) is 5.73 Å². The Bertz CT molecular complexity index is 333. The quantitative estimate of drug-likeness (QED) is 0.776. The molecule has 0 bridgehead atoms. The van der Waals surface area contributed by atoms with Gasteiger partial charge in [0.05, 0.1) is 5.56 Å². The van der Waals surface area contributed by atoms with Crippen LogP contribution in [-0.2, 0) is 6.18 Å². The summed E-state index contributed by atoms with van der Waals surface area (Å²) in [5.74, 6) is 0. The summed E-state index contributed by atoms with van der Waals surface area (Å²) in [6.07, 6.45) is -4.38. The first-order chi connectivity index (χ1) is 6.32. The van der Waals surface area contributed by atoms with Crippen LogP contribution in [0.15, 0.2) is 18.2 Å². The molecule has 1 rings (SSSR count). The molecular formula is C9H9ClF3N. The molecule has 0 amide bonds. The molecule has 1 aromatic carbocycles. The van der Waals surface area contributed by atoms with Crippen LogP contribution >= 0.6 is 11.6 Å². The zero-order chi connectivity index (χ0) is 10.9. The van der Waals surface area contributed by atoms with Crippen LogP contribution in [0.4, 0.5) is 13.2 Å². The molecule has 0 aliphatic heterocycles. The van der Waals surface area contributed by atoms with Gasteiger partial charge in [-0.05, 0) is 30.7 Å². The molecule has 0 unspecified atom stereocenters. The lowest BCUT2D eigenvalue weighted by Crippen LogP contribution is -2.15. The van der Waals surface area contributed by atoms with E-state index in [-0.39, 0.29) is 10.6 Å².